The van der Waals surface area contributed by atoms with Gasteiger partial charge >= 0.3 is 0 Å². The lowest BCUT2D eigenvalue weighted by Crippen LogP contribution is -1.75. The number of halogens is 2. The average molecular weight is 186 g/mol. The maximum atomic E-state index is 5.80. The normalized spacial score (nSPS) is 10.7. The van der Waals surface area contributed by atoms with Gasteiger partial charge in [-0.05, 0) is 6.07 Å². The number of nitrogens with zero attached hydrogens (tertiary/aromatic N) is 2. The fraction of sp³-hybridized carbons (Fsp3) is 0. The first-order valence-electron chi connectivity index (χ1n) is 2.99. The van der Waals surface area contributed by atoms with Crippen LogP contribution in [0.1, 0.15) is 0 Å². The minimum absolute atomic E-state index is 0.550. The van der Waals surface area contributed by atoms with Gasteiger partial charge in [0.15, 0.2) is 0 Å². The second kappa shape index (κ2) is 2.40. The van der Waals surface area contributed by atoms with Crippen molar-refractivity contribution in [1.29, 1.82) is 0 Å². The predicted octanol–water partition coefficient (Wildman–Crippen LogP) is 2.49. The molecule has 55 valence electrons. The molecule has 4 heteroatoms. The molecule has 11 heavy (non-hydrogen) atoms. The van der Waals surface area contributed by atoms with E-state index < -0.39 is 0 Å². The Bertz CT molecular complexity index is 394. The van der Waals surface area contributed by atoms with E-state index in [1.54, 1.807) is 18.3 Å². The molecule has 0 bridgehead atoms. The summed E-state index contributed by atoms with van der Waals surface area (Å²) < 4.78 is 1.21. The van der Waals surface area contributed by atoms with Crippen LogP contribution in [0, 0.1) is 6.07 Å². The Morgan fingerprint density at radius 1 is 1.55 bits per heavy atom. The van der Waals surface area contributed by atoms with E-state index >= 15 is 0 Å². The van der Waals surface area contributed by atoms with Crippen molar-refractivity contribution >= 4 is 34.3 Å². The van der Waals surface area contributed by atoms with Crippen LogP contribution in [-0.4, -0.2) is 9.30 Å². The molecule has 1 aromatic carbocycles. The molecule has 0 atom stereocenters. The first-order valence-corrected chi connectivity index (χ1v) is 3.71. The Kier molecular flexibility index (Phi) is 1.51. The largest absolute Gasteiger partial charge is 0.179 e. The average Bonchev–Trinajstić information content (AvgIpc) is 2.31. The second-order valence-electron chi connectivity index (χ2n) is 2.11. The molecular formula is C7H3Cl2N2. The van der Waals surface area contributed by atoms with Gasteiger partial charge in [-0.1, -0.05) is 17.7 Å². The number of hydrogen-bond acceptors (Lipinski definition) is 1. The minimum Gasteiger partial charge on any atom is -0.179 e. The van der Waals surface area contributed by atoms with Crippen LogP contribution in [0.2, 0.25) is 5.02 Å². The van der Waals surface area contributed by atoms with Crippen molar-refractivity contribution in [2.24, 2.45) is 0 Å². The third-order valence-electron chi connectivity index (χ3n) is 1.40. The van der Waals surface area contributed by atoms with E-state index in [1.165, 1.54) is 4.20 Å². The zero-order chi connectivity index (χ0) is 7.84. The van der Waals surface area contributed by atoms with E-state index in [4.69, 9.17) is 23.4 Å². The zero-order valence-electron chi connectivity index (χ0n) is 5.38. The van der Waals surface area contributed by atoms with E-state index in [0.29, 0.717) is 5.02 Å². The molecule has 1 heterocycles. The van der Waals surface area contributed by atoms with E-state index in [0.717, 1.165) is 10.9 Å². The minimum atomic E-state index is 0.550. The van der Waals surface area contributed by atoms with Gasteiger partial charge in [0.25, 0.3) is 0 Å². The van der Waals surface area contributed by atoms with Crippen LogP contribution in [0.15, 0.2) is 18.3 Å². The number of fused-ring (bicyclic) bond motifs is 1. The highest BCUT2D eigenvalue weighted by atomic mass is 35.5. The first kappa shape index (κ1) is 6.95. The zero-order valence-corrected chi connectivity index (χ0v) is 6.89. The van der Waals surface area contributed by atoms with E-state index in [2.05, 4.69) is 11.2 Å². The van der Waals surface area contributed by atoms with E-state index in [1.807, 2.05) is 0 Å². The molecule has 1 radical (unpaired) electrons. The molecule has 0 amide bonds. The monoisotopic (exact) mass is 185 g/mol. The summed E-state index contributed by atoms with van der Waals surface area (Å²) in [6, 6.07) is 6.36. The molecule has 0 N–H and O–H groups in total. The molecule has 1 aromatic heterocycles. The van der Waals surface area contributed by atoms with Crippen molar-refractivity contribution in [1.82, 2.24) is 9.30 Å². The van der Waals surface area contributed by atoms with Gasteiger partial charge in [0.1, 0.15) is 0 Å². The lowest BCUT2D eigenvalue weighted by atomic mass is 10.3. The third kappa shape index (κ3) is 1.08. The van der Waals surface area contributed by atoms with Gasteiger partial charge in [0.2, 0.25) is 0 Å². The molecule has 2 rings (SSSR count). The maximum absolute atomic E-state index is 5.80. The molecule has 0 aliphatic heterocycles. The van der Waals surface area contributed by atoms with Crippen LogP contribution >= 0.6 is 23.4 Å². The lowest BCUT2D eigenvalue weighted by Gasteiger charge is -1.86. The number of aromatic nitrogens is 2. The topological polar surface area (TPSA) is 17.8 Å². The summed E-state index contributed by atoms with van der Waals surface area (Å²) in [6.45, 7) is 0. The van der Waals surface area contributed by atoms with Crippen LogP contribution in [0.5, 0.6) is 0 Å². The summed E-state index contributed by atoms with van der Waals surface area (Å²) >= 11 is 11.4. The highest BCUT2D eigenvalue weighted by Gasteiger charge is 2.01. The lowest BCUT2D eigenvalue weighted by molar-refractivity contribution is 1.02. The van der Waals surface area contributed by atoms with Crippen LogP contribution < -0.4 is 0 Å². The van der Waals surface area contributed by atoms with E-state index in [9.17, 15) is 0 Å². The molecule has 0 fully saturated rings. The SMILES string of the molecule is Clc1[c]ccc2nn(Cl)cc12. The molecule has 0 aliphatic rings. The molecule has 2 nitrogen and oxygen atoms in total. The van der Waals surface area contributed by atoms with Crippen LogP contribution in [-0.2, 0) is 0 Å². The van der Waals surface area contributed by atoms with Crippen LogP contribution in [0.25, 0.3) is 10.9 Å². The summed E-state index contributed by atoms with van der Waals surface area (Å²) in [4.78, 5) is 0. The molecular weight excluding hydrogens is 183 g/mol. The first-order chi connectivity index (χ1) is 5.27. The van der Waals surface area contributed by atoms with Gasteiger partial charge < -0.3 is 0 Å². The standard InChI is InChI=1S/C7H3Cl2N2/c8-6-2-1-3-7-5(6)4-11(9)10-7/h1,3-4H. The van der Waals surface area contributed by atoms with Crippen molar-refractivity contribution in [3.05, 3.63) is 29.4 Å². The second-order valence-corrected chi connectivity index (χ2v) is 2.83. The fourth-order valence-electron chi connectivity index (χ4n) is 0.922. The maximum Gasteiger partial charge on any atom is 0.0953 e. The smallest absolute Gasteiger partial charge is 0.0953 e. The van der Waals surface area contributed by atoms with Crippen molar-refractivity contribution in [3.63, 3.8) is 0 Å². The molecule has 0 saturated carbocycles. The summed E-state index contributed by atoms with van der Waals surface area (Å²) in [7, 11) is 0. The van der Waals surface area contributed by atoms with Gasteiger partial charge in [0, 0.05) is 23.2 Å². The Morgan fingerprint density at radius 2 is 2.36 bits per heavy atom. The third-order valence-corrected chi connectivity index (χ3v) is 1.89. The van der Waals surface area contributed by atoms with Crippen molar-refractivity contribution in [2.75, 3.05) is 0 Å². The Morgan fingerprint density at radius 3 is 3.09 bits per heavy atom. The molecule has 0 aliphatic carbocycles. The number of benzene rings is 1. The quantitative estimate of drug-likeness (QED) is 0.617. The van der Waals surface area contributed by atoms with Crippen molar-refractivity contribution in [2.45, 2.75) is 0 Å². The fourth-order valence-corrected chi connectivity index (χ4v) is 1.31. The molecule has 2 aromatic rings. The summed E-state index contributed by atoms with van der Waals surface area (Å²) in [5, 5.41) is 5.33. The Hall–Kier alpha value is -0.730. The van der Waals surface area contributed by atoms with Crippen LogP contribution in [0.3, 0.4) is 0 Å². The summed E-state index contributed by atoms with van der Waals surface area (Å²) in [6.07, 6.45) is 1.65. The van der Waals surface area contributed by atoms with Gasteiger partial charge in [-0.15, -0.1) is 0 Å². The molecule has 0 saturated heterocycles. The Balaban J connectivity index is 2.90. The summed E-state index contributed by atoms with van der Waals surface area (Å²) in [5.74, 6) is 0. The van der Waals surface area contributed by atoms with Gasteiger partial charge in [-0.25, -0.2) is 0 Å². The van der Waals surface area contributed by atoms with Crippen molar-refractivity contribution in [3.8, 4) is 0 Å². The molecule has 0 spiro atoms. The van der Waals surface area contributed by atoms with Crippen LogP contribution in [0.4, 0.5) is 0 Å². The van der Waals surface area contributed by atoms with Gasteiger partial charge in [-0.2, -0.15) is 9.30 Å². The van der Waals surface area contributed by atoms with Gasteiger partial charge in [-0.3, -0.25) is 0 Å². The number of hydrogen-bond donors (Lipinski definition) is 0. The Labute approximate surface area is 73.4 Å². The highest BCUT2D eigenvalue weighted by molar-refractivity contribution is 6.35. The highest BCUT2D eigenvalue weighted by Crippen LogP contribution is 2.21. The van der Waals surface area contributed by atoms with Gasteiger partial charge in [0.05, 0.1) is 16.7 Å². The number of rotatable bonds is 0. The summed E-state index contributed by atoms with van der Waals surface area (Å²) in [5.41, 5.74) is 0.781. The van der Waals surface area contributed by atoms with E-state index in [-0.39, 0.29) is 0 Å². The van der Waals surface area contributed by atoms with Crippen molar-refractivity contribution < 1.29 is 0 Å². The molecule has 0 unspecified atom stereocenters. The predicted molar refractivity (Wildman–Crippen MR) is 44.8 cm³/mol.